The van der Waals surface area contributed by atoms with E-state index in [0.29, 0.717) is 11.8 Å². The normalized spacial score (nSPS) is 11.8. The maximum absolute atomic E-state index is 13.5. The van der Waals surface area contributed by atoms with Gasteiger partial charge in [0.05, 0.1) is 27.6 Å². The van der Waals surface area contributed by atoms with E-state index in [1.54, 1.807) is 10.9 Å². The Morgan fingerprint density at radius 3 is 2.71 bits per heavy atom. The maximum Gasteiger partial charge on any atom is 0.304 e. The van der Waals surface area contributed by atoms with Crippen LogP contribution in [-0.2, 0) is 16.6 Å². The third kappa shape index (κ3) is 3.23. The van der Waals surface area contributed by atoms with Crippen LogP contribution in [0.2, 0.25) is 0 Å². The smallest absolute Gasteiger partial charge is 0.258 e. The molecule has 1 aromatic carbocycles. The van der Waals surface area contributed by atoms with E-state index in [-0.39, 0.29) is 11.4 Å². The van der Waals surface area contributed by atoms with Crippen LogP contribution in [0.4, 0.5) is 10.1 Å². The lowest BCUT2D eigenvalue weighted by Gasteiger charge is -2.16. The molecule has 0 radical (unpaired) electrons. The van der Waals surface area contributed by atoms with Gasteiger partial charge in [-0.05, 0) is 6.07 Å². The van der Waals surface area contributed by atoms with Gasteiger partial charge in [0.25, 0.3) is 0 Å². The number of halogens is 1. The lowest BCUT2D eigenvalue weighted by molar-refractivity contribution is -0.387. The number of thiazole rings is 1. The highest BCUT2D eigenvalue weighted by Gasteiger charge is 2.24. The topological polar surface area (TPSA) is 93.4 Å². The molecule has 21 heavy (non-hydrogen) atoms. The van der Waals surface area contributed by atoms with Crippen molar-refractivity contribution in [3.05, 3.63) is 50.7 Å². The van der Waals surface area contributed by atoms with Gasteiger partial charge in [0, 0.05) is 24.6 Å². The molecule has 0 bridgehead atoms. The number of hydrogen-bond acceptors (Lipinski definition) is 6. The Labute approximate surface area is 123 Å². The maximum atomic E-state index is 13.5. The van der Waals surface area contributed by atoms with Gasteiger partial charge < -0.3 is 0 Å². The first-order valence-corrected chi connectivity index (χ1v) is 7.98. The molecule has 2 aromatic rings. The van der Waals surface area contributed by atoms with Crippen LogP contribution in [0.15, 0.2) is 34.0 Å². The van der Waals surface area contributed by atoms with E-state index in [2.05, 4.69) is 4.98 Å². The van der Waals surface area contributed by atoms with Gasteiger partial charge >= 0.3 is 5.69 Å². The molecule has 0 N–H and O–H groups in total. The van der Waals surface area contributed by atoms with Gasteiger partial charge in [-0.2, -0.15) is 8.70 Å². The van der Waals surface area contributed by atoms with Crippen LogP contribution in [0.25, 0.3) is 0 Å². The van der Waals surface area contributed by atoms with Crippen molar-refractivity contribution in [1.29, 1.82) is 0 Å². The third-order valence-corrected chi connectivity index (χ3v) is 5.13. The van der Waals surface area contributed by atoms with Crippen molar-refractivity contribution in [3.8, 4) is 0 Å². The Morgan fingerprint density at radius 2 is 2.19 bits per heavy atom. The first-order chi connectivity index (χ1) is 9.82. The highest BCUT2D eigenvalue weighted by Crippen LogP contribution is 2.23. The predicted octanol–water partition coefficient (Wildman–Crippen LogP) is 2.01. The second-order valence-corrected chi connectivity index (χ2v) is 6.87. The average Bonchev–Trinajstić information content (AvgIpc) is 2.90. The van der Waals surface area contributed by atoms with Gasteiger partial charge in [-0.15, -0.1) is 11.3 Å². The molecule has 10 heteroatoms. The molecule has 0 aliphatic heterocycles. The number of hydrogen-bond donors (Lipinski definition) is 0. The molecule has 0 saturated carbocycles. The van der Waals surface area contributed by atoms with Gasteiger partial charge in [0.15, 0.2) is 0 Å². The molecule has 112 valence electrons. The minimum absolute atomic E-state index is 0.0322. The van der Waals surface area contributed by atoms with Crippen LogP contribution >= 0.6 is 11.3 Å². The zero-order valence-electron chi connectivity index (χ0n) is 10.8. The molecular formula is C11H10FN3O4S2. The van der Waals surface area contributed by atoms with Crippen LogP contribution in [-0.4, -0.2) is 29.7 Å². The first kappa shape index (κ1) is 15.5. The number of benzene rings is 1. The summed E-state index contributed by atoms with van der Waals surface area (Å²) in [7, 11) is -2.62. The molecule has 0 atom stereocenters. The molecular weight excluding hydrogens is 321 g/mol. The van der Waals surface area contributed by atoms with E-state index in [9.17, 15) is 22.9 Å². The highest BCUT2D eigenvalue weighted by molar-refractivity contribution is 7.89. The second-order valence-electron chi connectivity index (χ2n) is 4.11. The SMILES string of the molecule is CN(Cc1cscn1)S(=O)(=O)c1ccc([N+](=O)[O-])c(F)c1. The van der Waals surface area contributed by atoms with Gasteiger partial charge in [0.2, 0.25) is 15.8 Å². The number of rotatable bonds is 5. The van der Waals surface area contributed by atoms with Crippen molar-refractivity contribution >= 4 is 27.0 Å². The van der Waals surface area contributed by atoms with E-state index in [1.165, 1.54) is 18.4 Å². The average molecular weight is 331 g/mol. The summed E-state index contributed by atoms with van der Waals surface area (Å²) in [6, 6.07) is 2.48. The predicted molar refractivity (Wildman–Crippen MR) is 73.8 cm³/mol. The van der Waals surface area contributed by atoms with Crippen molar-refractivity contribution in [2.24, 2.45) is 0 Å². The summed E-state index contributed by atoms with van der Waals surface area (Å²) < 4.78 is 39.1. The number of aromatic nitrogens is 1. The van der Waals surface area contributed by atoms with Crippen LogP contribution in [0, 0.1) is 15.9 Å². The second kappa shape index (κ2) is 5.84. The minimum atomic E-state index is -3.94. The Bertz CT molecular complexity index is 762. The van der Waals surface area contributed by atoms with Crippen molar-refractivity contribution in [2.45, 2.75) is 11.4 Å². The lowest BCUT2D eigenvalue weighted by Crippen LogP contribution is -2.26. The van der Waals surface area contributed by atoms with Crippen LogP contribution in [0.5, 0.6) is 0 Å². The number of nitrogens with zero attached hydrogens (tertiary/aromatic N) is 3. The molecule has 0 spiro atoms. The third-order valence-electron chi connectivity index (χ3n) is 2.69. The Kier molecular flexibility index (Phi) is 4.30. The summed E-state index contributed by atoms with van der Waals surface area (Å²) in [5.74, 6) is -1.19. The molecule has 0 fully saturated rings. The van der Waals surface area contributed by atoms with Crippen molar-refractivity contribution in [2.75, 3.05) is 7.05 Å². The minimum Gasteiger partial charge on any atom is -0.258 e. The molecule has 0 saturated heterocycles. The summed E-state index contributed by atoms with van der Waals surface area (Å²) in [4.78, 5) is 13.2. The van der Waals surface area contributed by atoms with Gasteiger partial charge in [0.1, 0.15) is 0 Å². The molecule has 0 amide bonds. The molecule has 1 aromatic heterocycles. The van der Waals surface area contributed by atoms with Crippen LogP contribution < -0.4 is 0 Å². The van der Waals surface area contributed by atoms with Gasteiger partial charge in [-0.25, -0.2) is 13.4 Å². The van der Waals surface area contributed by atoms with Crippen molar-refractivity contribution < 1.29 is 17.7 Å². The summed E-state index contributed by atoms with van der Waals surface area (Å²) >= 11 is 1.33. The largest absolute Gasteiger partial charge is 0.304 e. The van der Waals surface area contributed by atoms with Crippen molar-refractivity contribution in [1.82, 2.24) is 9.29 Å². The monoisotopic (exact) mass is 331 g/mol. The molecule has 1 heterocycles. The fourth-order valence-corrected chi connectivity index (χ4v) is 3.31. The van der Waals surface area contributed by atoms with Crippen molar-refractivity contribution in [3.63, 3.8) is 0 Å². The van der Waals surface area contributed by atoms with Crippen LogP contribution in [0.3, 0.4) is 0 Å². The number of sulfonamides is 1. The van der Waals surface area contributed by atoms with Crippen LogP contribution in [0.1, 0.15) is 5.69 Å². The van der Waals surface area contributed by atoms with E-state index < -0.39 is 26.5 Å². The quantitative estimate of drug-likeness (QED) is 0.617. The highest BCUT2D eigenvalue weighted by atomic mass is 32.2. The molecule has 7 nitrogen and oxygen atoms in total. The first-order valence-electron chi connectivity index (χ1n) is 5.59. The summed E-state index contributed by atoms with van der Waals surface area (Å²) in [5, 5.41) is 12.2. The summed E-state index contributed by atoms with van der Waals surface area (Å²) in [6.45, 7) is 0.0322. The Morgan fingerprint density at radius 1 is 1.48 bits per heavy atom. The fourth-order valence-electron chi connectivity index (χ4n) is 1.60. The Hall–Kier alpha value is -1.91. The zero-order valence-corrected chi connectivity index (χ0v) is 12.4. The van der Waals surface area contributed by atoms with E-state index in [1.807, 2.05) is 0 Å². The fraction of sp³-hybridized carbons (Fsp3) is 0.182. The standard InChI is InChI=1S/C11H10FN3O4S2/c1-14(5-8-6-20-7-13-8)21(18,19)9-2-3-11(15(16)17)10(12)4-9/h2-4,6-7H,5H2,1H3. The summed E-state index contributed by atoms with van der Waals surface area (Å²) in [5.41, 5.74) is 1.37. The van der Waals surface area contributed by atoms with Gasteiger partial charge in [-0.3, -0.25) is 10.1 Å². The number of nitro benzene ring substituents is 1. The number of nitro groups is 1. The summed E-state index contributed by atoms with van der Waals surface area (Å²) in [6.07, 6.45) is 0. The zero-order chi connectivity index (χ0) is 15.6. The lowest BCUT2D eigenvalue weighted by atomic mass is 10.3. The molecule has 0 unspecified atom stereocenters. The molecule has 0 aliphatic rings. The molecule has 0 aliphatic carbocycles. The van der Waals surface area contributed by atoms with E-state index in [0.717, 1.165) is 16.4 Å². The molecule has 2 rings (SSSR count). The van der Waals surface area contributed by atoms with Gasteiger partial charge in [-0.1, -0.05) is 0 Å². The van der Waals surface area contributed by atoms with E-state index >= 15 is 0 Å². The Balaban J connectivity index is 2.31. The van der Waals surface area contributed by atoms with E-state index in [4.69, 9.17) is 0 Å².